The highest BCUT2D eigenvalue weighted by Crippen LogP contribution is 2.31. The third kappa shape index (κ3) is 11.5. The van der Waals surface area contributed by atoms with Gasteiger partial charge in [0, 0.05) is 22.0 Å². The van der Waals surface area contributed by atoms with Gasteiger partial charge in [-0.3, -0.25) is 24.0 Å². The van der Waals surface area contributed by atoms with Crippen LogP contribution in [0, 0.1) is 5.92 Å². The van der Waals surface area contributed by atoms with Crippen molar-refractivity contribution in [3.63, 3.8) is 0 Å². The summed E-state index contributed by atoms with van der Waals surface area (Å²) in [5.74, 6) is -19.6. The molecule has 4 amide bonds. The largest absolute Gasteiger partial charge is 0.497 e. The number of rotatable bonds is 16. The third-order valence-corrected chi connectivity index (χ3v) is 8.18. The second kappa shape index (κ2) is 18.0. The quantitative estimate of drug-likeness (QED) is 0.108. The van der Waals surface area contributed by atoms with Crippen molar-refractivity contribution in [1.82, 2.24) is 21.3 Å². The lowest BCUT2D eigenvalue weighted by Crippen LogP contribution is -2.59. The SMILES string of the molecule is COc1ccc([C@H](NC(=O)[C@H](Cc2cccc(Cl)c2)NC(=O)C(F)(F)c2cccc(Cl)c2)C(=O)N[C@H](C(=O)C(F)(F)C(=O)NCC(F)(F)F)C(C)C)cc1. The summed E-state index contributed by atoms with van der Waals surface area (Å²) >= 11 is 11.9. The molecule has 0 unspecified atom stereocenters. The zero-order valence-electron chi connectivity index (χ0n) is 28.5. The lowest BCUT2D eigenvalue weighted by molar-refractivity contribution is -0.165. The fourth-order valence-electron chi connectivity index (χ4n) is 4.88. The topological polar surface area (TPSA) is 143 Å². The van der Waals surface area contributed by atoms with E-state index in [0.717, 1.165) is 17.4 Å². The van der Waals surface area contributed by atoms with Gasteiger partial charge in [0.05, 0.1) is 13.2 Å². The van der Waals surface area contributed by atoms with Crippen LogP contribution in [-0.2, 0) is 36.3 Å². The molecule has 0 bridgehead atoms. The van der Waals surface area contributed by atoms with Gasteiger partial charge in [-0.25, -0.2) is 0 Å². The van der Waals surface area contributed by atoms with Gasteiger partial charge in [0.1, 0.15) is 24.4 Å². The Kier molecular flexibility index (Phi) is 14.5. The molecule has 0 heterocycles. The van der Waals surface area contributed by atoms with Gasteiger partial charge in [-0.1, -0.05) is 73.4 Å². The van der Waals surface area contributed by atoms with Crippen LogP contribution in [0.15, 0.2) is 72.8 Å². The summed E-state index contributed by atoms with van der Waals surface area (Å²) in [6, 6.07) is 9.27. The Hall–Kier alpha value is -4.90. The maximum Gasteiger partial charge on any atom is 0.405 e. The van der Waals surface area contributed by atoms with Crippen LogP contribution in [0.3, 0.4) is 0 Å². The first-order valence-electron chi connectivity index (χ1n) is 15.8. The predicted molar refractivity (Wildman–Crippen MR) is 182 cm³/mol. The molecule has 0 spiro atoms. The molecule has 0 fully saturated rings. The van der Waals surface area contributed by atoms with Crippen LogP contribution >= 0.6 is 23.2 Å². The number of ketones is 1. The first kappa shape index (κ1) is 43.5. The van der Waals surface area contributed by atoms with E-state index in [-0.39, 0.29) is 26.9 Å². The molecule has 3 aromatic carbocycles. The van der Waals surface area contributed by atoms with Crippen LogP contribution in [0.1, 0.15) is 36.6 Å². The van der Waals surface area contributed by atoms with E-state index in [1.165, 1.54) is 81.6 Å². The smallest absolute Gasteiger partial charge is 0.405 e. The van der Waals surface area contributed by atoms with Gasteiger partial charge in [0.25, 0.3) is 11.8 Å². The summed E-state index contributed by atoms with van der Waals surface area (Å²) in [6.07, 6.45) is -5.55. The number of carbonyl (C=O) groups is 5. The number of hydrogen-bond acceptors (Lipinski definition) is 6. The van der Waals surface area contributed by atoms with Crippen molar-refractivity contribution >= 4 is 52.6 Å². The number of hydrogen-bond donors (Lipinski definition) is 4. The average molecular weight is 810 g/mol. The van der Waals surface area contributed by atoms with Crippen molar-refractivity contribution in [3.8, 4) is 5.75 Å². The second-order valence-corrected chi connectivity index (χ2v) is 13.0. The normalized spacial score (nSPS) is 13.6. The minimum Gasteiger partial charge on any atom is -0.497 e. The Balaban J connectivity index is 2.00. The molecule has 3 aromatic rings. The van der Waals surface area contributed by atoms with E-state index in [4.69, 9.17) is 27.9 Å². The Morgan fingerprint density at radius 3 is 1.87 bits per heavy atom. The number of nitrogens with one attached hydrogen (secondary N) is 4. The fourth-order valence-corrected chi connectivity index (χ4v) is 5.29. The molecule has 0 aliphatic heterocycles. The minimum atomic E-state index is -5.08. The highest BCUT2D eigenvalue weighted by Gasteiger charge is 2.52. The van der Waals surface area contributed by atoms with Crippen LogP contribution in [0.4, 0.5) is 30.7 Å². The monoisotopic (exact) mass is 808 g/mol. The molecule has 54 heavy (non-hydrogen) atoms. The predicted octanol–water partition coefficient (Wildman–Crippen LogP) is 5.70. The van der Waals surface area contributed by atoms with Crippen LogP contribution in [0.5, 0.6) is 5.75 Å². The zero-order chi connectivity index (χ0) is 40.6. The lowest BCUT2D eigenvalue weighted by Gasteiger charge is -2.29. The van der Waals surface area contributed by atoms with Crippen molar-refractivity contribution in [2.75, 3.05) is 13.7 Å². The third-order valence-electron chi connectivity index (χ3n) is 7.71. The van der Waals surface area contributed by atoms with Crippen LogP contribution in [0.25, 0.3) is 0 Å². The number of alkyl halides is 7. The average Bonchev–Trinajstić information content (AvgIpc) is 3.10. The molecule has 10 nitrogen and oxygen atoms in total. The highest BCUT2D eigenvalue weighted by atomic mass is 35.5. The number of ether oxygens (including phenoxy) is 1. The van der Waals surface area contributed by atoms with Crippen molar-refractivity contribution in [3.05, 3.63) is 99.5 Å². The van der Waals surface area contributed by atoms with Gasteiger partial charge in [0.2, 0.25) is 17.6 Å². The highest BCUT2D eigenvalue weighted by molar-refractivity contribution is 6.31. The van der Waals surface area contributed by atoms with Crippen molar-refractivity contribution in [1.29, 1.82) is 0 Å². The molecule has 3 atom stereocenters. The van der Waals surface area contributed by atoms with Gasteiger partial charge < -0.3 is 26.0 Å². The van der Waals surface area contributed by atoms with Crippen LogP contribution in [-0.4, -0.2) is 67.2 Å². The lowest BCUT2D eigenvalue weighted by atomic mass is 9.94. The Bertz CT molecular complexity index is 1840. The van der Waals surface area contributed by atoms with E-state index in [0.29, 0.717) is 0 Å². The van der Waals surface area contributed by atoms with Gasteiger partial charge in [-0.05, 0) is 53.4 Å². The molecular weight excluding hydrogens is 776 g/mol. The van der Waals surface area contributed by atoms with Gasteiger partial charge in [-0.2, -0.15) is 30.7 Å². The second-order valence-electron chi connectivity index (χ2n) is 12.1. The van der Waals surface area contributed by atoms with E-state index < -0.39 is 90.0 Å². The first-order chi connectivity index (χ1) is 25.1. The maximum atomic E-state index is 15.4. The van der Waals surface area contributed by atoms with E-state index in [1.54, 1.807) is 0 Å². The van der Waals surface area contributed by atoms with E-state index in [2.05, 4.69) is 5.32 Å². The molecule has 4 N–H and O–H groups in total. The molecule has 0 saturated heterocycles. The van der Waals surface area contributed by atoms with Crippen molar-refractivity contribution in [2.24, 2.45) is 5.92 Å². The minimum absolute atomic E-state index is 0.0663. The van der Waals surface area contributed by atoms with Crippen LogP contribution in [0.2, 0.25) is 10.0 Å². The maximum absolute atomic E-state index is 15.4. The molecule has 3 rings (SSSR count). The molecular formula is C35H33Cl2F7N4O6. The van der Waals surface area contributed by atoms with Crippen LogP contribution < -0.4 is 26.0 Å². The standard InChI is InChI=1S/C35H33Cl2F7N4O6/c1-18(2)26(28(49)35(43,44)31(52)45-17-33(38,39)40)47-30(51)27(20-10-12-24(54-3)13-11-20)48-29(50)25(15-19-6-4-8-22(36)14-19)46-32(53)34(41,42)21-7-5-9-23(37)16-21/h4-14,16,18,25-27H,15,17H2,1-3H3,(H,45,52)(H,46,53)(H,47,51)(H,48,50)/t25-,26-,27-/m0/s1. The molecule has 292 valence electrons. The fraction of sp³-hybridized carbons (Fsp3) is 0.343. The zero-order valence-corrected chi connectivity index (χ0v) is 30.0. The van der Waals surface area contributed by atoms with Gasteiger partial charge in [0.15, 0.2) is 0 Å². The van der Waals surface area contributed by atoms with Gasteiger partial charge >= 0.3 is 18.0 Å². The molecule has 0 aromatic heterocycles. The molecule has 0 aliphatic rings. The molecule has 0 radical (unpaired) electrons. The summed E-state index contributed by atoms with van der Waals surface area (Å²) in [6.45, 7) is 0.200. The summed E-state index contributed by atoms with van der Waals surface area (Å²) in [4.78, 5) is 65.6. The molecule has 0 saturated carbocycles. The first-order valence-corrected chi connectivity index (χ1v) is 16.5. The Morgan fingerprint density at radius 2 is 1.33 bits per heavy atom. The number of methoxy groups -OCH3 is 1. The number of amides is 4. The van der Waals surface area contributed by atoms with E-state index in [9.17, 15) is 45.9 Å². The van der Waals surface area contributed by atoms with Crippen molar-refractivity contribution < 1.29 is 59.4 Å². The van der Waals surface area contributed by atoms with Crippen molar-refractivity contribution in [2.45, 2.75) is 56.4 Å². The number of halogens is 9. The summed E-state index contributed by atoms with van der Waals surface area (Å²) < 4.78 is 103. The van der Waals surface area contributed by atoms with Gasteiger partial charge in [-0.15, -0.1) is 0 Å². The molecule has 0 aliphatic carbocycles. The summed E-state index contributed by atoms with van der Waals surface area (Å²) in [7, 11) is 1.31. The Labute approximate surface area is 314 Å². The number of Topliss-reactive ketones (excluding diaryl/α,β-unsaturated/α-hetero) is 1. The molecule has 19 heteroatoms. The number of carbonyl (C=O) groups excluding carboxylic acids is 5. The summed E-state index contributed by atoms with van der Waals surface area (Å²) in [5.41, 5.74) is -0.600. The Morgan fingerprint density at radius 1 is 0.741 bits per heavy atom. The number of benzene rings is 3. The van der Waals surface area contributed by atoms with E-state index >= 15 is 8.78 Å². The summed E-state index contributed by atoms with van der Waals surface area (Å²) in [5, 5.41) is 7.28. The van der Waals surface area contributed by atoms with E-state index in [1.807, 2.05) is 10.6 Å².